The zero-order valence-corrected chi connectivity index (χ0v) is 22.8. The van der Waals surface area contributed by atoms with Gasteiger partial charge in [-0.05, 0) is 30.7 Å². The van der Waals surface area contributed by atoms with E-state index in [1.54, 1.807) is 19.2 Å². The quantitative estimate of drug-likeness (QED) is 0.181. The highest BCUT2D eigenvalue weighted by Gasteiger charge is 2.38. The number of benzene rings is 2. The largest absolute Gasteiger partial charge is 0.465 e. The van der Waals surface area contributed by atoms with Gasteiger partial charge in [0.2, 0.25) is 0 Å². The van der Waals surface area contributed by atoms with Crippen LogP contribution in [0.3, 0.4) is 0 Å². The molecule has 2 heterocycles. The minimum atomic E-state index is -3.50. The van der Waals surface area contributed by atoms with Crippen molar-refractivity contribution in [2.75, 3.05) is 50.9 Å². The third-order valence-electron chi connectivity index (χ3n) is 5.77. The summed E-state index contributed by atoms with van der Waals surface area (Å²) in [4.78, 5) is 17.3. The van der Waals surface area contributed by atoms with Crippen molar-refractivity contribution in [2.45, 2.75) is 6.92 Å². The molecule has 1 aromatic heterocycles. The van der Waals surface area contributed by atoms with Crippen molar-refractivity contribution < 1.29 is 18.8 Å². The minimum Gasteiger partial charge on any atom is -0.465 e. The van der Waals surface area contributed by atoms with E-state index in [9.17, 15) is 9.36 Å². The molecule has 8 nitrogen and oxygen atoms in total. The van der Waals surface area contributed by atoms with E-state index in [1.807, 2.05) is 54.1 Å². The van der Waals surface area contributed by atoms with E-state index < -0.39 is 13.4 Å². The summed E-state index contributed by atoms with van der Waals surface area (Å²) in [5.41, 5.74) is 2.39. The monoisotopic (exact) mass is 546 g/mol. The Labute approximate surface area is 219 Å². The maximum Gasteiger partial charge on any atom is 0.348 e. The van der Waals surface area contributed by atoms with Gasteiger partial charge in [0.1, 0.15) is 15.7 Å². The molecule has 3 aromatic rings. The fourth-order valence-corrected chi connectivity index (χ4v) is 7.88. The topological polar surface area (TPSA) is 92.3 Å². The van der Waals surface area contributed by atoms with Gasteiger partial charge in [-0.25, -0.2) is 9.46 Å². The third kappa shape index (κ3) is 5.66. The lowest BCUT2D eigenvalue weighted by molar-refractivity contribution is 0.0606. The number of carbonyl (C=O) groups excluding carboxylic acids is 1. The normalized spacial score (nSPS) is 16.3. The molecule has 1 atom stereocenters. The smallest absolute Gasteiger partial charge is 0.348 e. The molecular formula is C25H28ClN4O4PS. The number of halogens is 1. The van der Waals surface area contributed by atoms with Gasteiger partial charge in [-0.1, -0.05) is 48.0 Å². The number of ether oxygens (including phenoxy) is 2. The molecule has 1 fully saturated rings. The number of nitrogens with zero attached hydrogens (tertiary/aromatic N) is 2. The first kappa shape index (κ1) is 26.4. The maximum absolute atomic E-state index is 15.0. The summed E-state index contributed by atoms with van der Waals surface area (Å²) in [5.74, 6) is 0.0814. The lowest BCUT2D eigenvalue weighted by atomic mass is 10.2. The second kappa shape index (κ2) is 11.6. The third-order valence-corrected chi connectivity index (χ3v) is 10.1. The average molecular weight is 547 g/mol. The number of rotatable bonds is 7. The van der Waals surface area contributed by atoms with Gasteiger partial charge >= 0.3 is 5.97 Å². The van der Waals surface area contributed by atoms with Crippen molar-refractivity contribution >= 4 is 58.2 Å². The molecule has 4 rings (SSSR count). The van der Waals surface area contributed by atoms with Crippen LogP contribution < -0.4 is 15.7 Å². The summed E-state index contributed by atoms with van der Waals surface area (Å²) in [5, 5.41) is 8.17. The maximum atomic E-state index is 15.0. The van der Waals surface area contributed by atoms with Crippen molar-refractivity contribution in [3.63, 3.8) is 0 Å². The summed E-state index contributed by atoms with van der Waals surface area (Å²) >= 11 is 7.55. The van der Waals surface area contributed by atoms with Crippen LogP contribution in [0.25, 0.3) is 0 Å². The summed E-state index contributed by atoms with van der Waals surface area (Å²) < 4.78 is 27.4. The van der Waals surface area contributed by atoms with Crippen LogP contribution in [-0.2, 0) is 14.0 Å². The summed E-state index contributed by atoms with van der Waals surface area (Å²) in [6, 6.07) is 16.7. The number of thiophene rings is 1. The van der Waals surface area contributed by atoms with Gasteiger partial charge in [-0.15, -0.1) is 11.3 Å². The molecule has 190 valence electrons. The van der Waals surface area contributed by atoms with Crippen LogP contribution >= 0.6 is 30.4 Å². The van der Waals surface area contributed by atoms with Gasteiger partial charge < -0.3 is 19.9 Å². The molecule has 11 heteroatoms. The van der Waals surface area contributed by atoms with Crippen LogP contribution in [0, 0.1) is 6.92 Å². The molecule has 0 saturated carbocycles. The Hall–Kier alpha value is -2.68. The minimum absolute atomic E-state index is 0.329. The molecule has 1 aliphatic rings. The Kier molecular flexibility index (Phi) is 8.49. The number of hydrogen-bond acceptors (Lipinski definition) is 6. The van der Waals surface area contributed by atoms with Gasteiger partial charge in [0.25, 0.3) is 7.44 Å². The van der Waals surface area contributed by atoms with Gasteiger partial charge in [-0.3, -0.25) is 9.56 Å². The number of methoxy groups -OCH3 is 1. The van der Waals surface area contributed by atoms with Crippen molar-refractivity contribution in [1.82, 2.24) is 4.67 Å². The van der Waals surface area contributed by atoms with Gasteiger partial charge in [0, 0.05) is 36.4 Å². The predicted octanol–water partition coefficient (Wildman–Crippen LogP) is 5.25. The first-order valence-corrected chi connectivity index (χ1v) is 14.2. The Bertz CT molecular complexity index is 1310. The number of morpholine rings is 1. The van der Waals surface area contributed by atoms with Crippen LogP contribution in [0.5, 0.6) is 0 Å². The summed E-state index contributed by atoms with van der Waals surface area (Å²) in [7, 11) is -0.496. The second-order valence-electron chi connectivity index (χ2n) is 8.10. The lowest BCUT2D eigenvalue weighted by Gasteiger charge is -2.35. The SMILES string of the molecule is CN=C(Nc1sc(C(=O)OC)cc1[P@](=O)(Nc1ccc(C)c(Cl)c1)N1CCOCC1)c1ccccc1. The zero-order valence-electron chi connectivity index (χ0n) is 20.3. The van der Waals surface area contributed by atoms with Crippen LogP contribution in [0.4, 0.5) is 10.7 Å². The molecule has 0 bridgehead atoms. The van der Waals surface area contributed by atoms with Crippen molar-refractivity contribution in [3.8, 4) is 0 Å². The van der Waals surface area contributed by atoms with E-state index in [0.717, 1.165) is 11.1 Å². The highest BCUT2D eigenvalue weighted by Crippen LogP contribution is 2.52. The van der Waals surface area contributed by atoms with Crippen molar-refractivity contribution in [3.05, 3.63) is 75.6 Å². The van der Waals surface area contributed by atoms with Crippen LogP contribution in [0.2, 0.25) is 5.02 Å². The molecule has 0 aliphatic carbocycles. The van der Waals surface area contributed by atoms with Gasteiger partial charge in [0.05, 0.1) is 25.6 Å². The molecule has 1 saturated heterocycles. The van der Waals surface area contributed by atoms with Crippen LogP contribution in [0.1, 0.15) is 20.8 Å². The van der Waals surface area contributed by atoms with E-state index in [0.29, 0.717) is 58.0 Å². The van der Waals surface area contributed by atoms with Crippen molar-refractivity contribution in [2.24, 2.45) is 4.99 Å². The molecule has 2 aromatic carbocycles. The fourth-order valence-electron chi connectivity index (χ4n) is 3.81. The number of aryl methyl sites for hydroxylation is 1. The summed E-state index contributed by atoms with van der Waals surface area (Å²) in [6.07, 6.45) is 0. The molecule has 0 unspecified atom stereocenters. The van der Waals surface area contributed by atoms with E-state index in [2.05, 4.69) is 15.4 Å². The summed E-state index contributed by atoms with van der Waals surface area (Å²) in [6.45, 7) is 3.72. The first-order chi connectivity index (χ1) is 17.4. The number of nitrogens with one attached hydrogen (secondary N) is 2. The van der Waals surface area contributed by atoms with Crippen LogP contribution in [-0.4, -0.2) is 56.9 Å². The number of esters is 1. The molecule has 0 radical (unpaired) electrons. The number of aliphatic imine (C=N–C) groups is 1. The predicted molar refractivity (Wildman–Crippen MR) is 148 cm³/mol. The van der Waals surface area contributed by atoms with Crippen LogP contribution in [0.15, 0.2) is 59.6 Å². The Morgan fingerprint density at radius 1 is 1.17 bits per heavy atom. The van der Waals surface area contributed by atoms with E-state index in [1.165, 1.54) is 18.4 Å². The molecule has 2 N–H and O–H groups in total. The number of anilines is 2. The second-order valence-corrected chi connectivity index (χ2v) is 12.0. The Morgan fingerprint density at radius 2 is 1.89 bits per heavy atom. The zero-order chi connectivity index (χ0) is 25.7. The number of amidine groups is 1. The number of hydrogen-bond donors (Lipinski definition) is 2. The Morgan fingerprint density at radius 3 is 2.53 bits per heavy atom. The first-order valence-electron chi connectivity index (χ1n) is 11.4. The number of carbonyl (C=O) groups is 1. The molecule has 1 aliphatic heterocycles. The van der Waals surface area contributed by atoms with E-state index >= 15 is 0 Å². The average Bonchev–Trinajstić information content (AvgIpc) is 3.34. The molecule has 0 amide bonds. The molecule has 36 heavy (non-hydrogen) atoms. The Balaban J connectivity index is 1.83. The lowest BCUT2D eigenvalue weighted by Crippen LogP contribution is -2.39. The highest BCUT2D eigenvalue weighted by molar-refractivity contribution is 7.71. The standard InChI is InChI=1S/C25H28ClN4O4PS/c1-17-9-10-19(15-20(17)26)29-35(32,30-11-13-34-14-12-30)21-16-22(25(31)33-3)36-24(21)28-23(27-2)18-7-5-4-6-8-18/h4-10,15-16H,11-14H2,1-3H3,(H,27,28)(H,29,32)/t35-/m0/s1. The van der Waals surface area contributed by atoms with E-state index in [4.69, 9.17) is 21.1 Å². The molecule has 0 spiro atoms. The highest BCUT2D eigenvalue weighted by atomic mass is 35.5. The fraction of sp³-hybridized carbons (Fsp3) is 0.280. The van der Waals surface area contributed by atoms with E-state index in [-0.39, 0.29) is 0 Å². The molecular weight excluding hydrogens is 519 g/mol. The van der Waals surface area contributed by atoms with Gasteiger partial charge in [-0.2, -0.15) is 0 Å². The van der Waals surface area contributed by atoms with Crippen molar-refractivity contribution in [1.29, 1.82) is 0 Å². The van der Waals surface area contributed by atoms with Gasteiger partial charge in [0.15, 0.2) is 0 Å².